The zero-order valence-corrected chi connectivity index (χ0v) is 18.5. The Balaban J connectivity index is 1.49. The molecule has 8 nitrogen and oxygen atoms in total. The molecule has 0 bridgehead atoms. The molecule has 1 fully saturated rings. The zero-order chi connectivity index (χ0) is 23.5. The average molecular weight is 482 g/mol. The van der Waals surface area contributed by atoms with Crippen molar-refractivity contribution in [3.8, 4) is 5.69 Å². The number of carbonyl (C=O) groups excluding carboxylic acids is 3. The summed E-state index contributed by atoms with van der Waals surface area (Å²) in [6, 6.07) is 16.2. The molecule has 1 saturated heterocycles. The number of aromatic carboxylic acids is 1. The first-order chi connectivity index (χ1) is 15.8. The summed E-state index contributed by atoms with van der Waals surface area (Å²) in [5, 5.41) is 11.7. The summed E-state index contributed by atoms with van der Waals surface area (Å²) in [6.07, 6.45) is 3.32. The fourth-order valence-corrected chi connectivity index (χ4v) is 4.11. The molecule has 0 radical (unpaired) electrons. The number of hydrogen-bond donors (Lipinski definition) is 2. The van der Waals surface area contributed by atoms with Crippen molar-refractivity contribution >= 4 is 58.1 Å². The van der Waals surface area contributed by atoms with Crippen molar-refractivity contribution < 1.29 is 24.3 Å². The maximum absolute atomic E-state index is 12.8. The van der Waals surface area contributed by atoms with E-state index in [1.165, 1.54) is 12.1 Å². The Hall–Kier alpha value is -3.82. The number of amides is 3. The SMILES string of the molecule is O=C(CN1C(=O)S/C(=C\c2cccn2-c2ccc(C(=O)O)cc2)C1=O)Nc1ccc(Cl)cc1. The Morgan fingerprint density at radius 3 is 2.39 bits per heavy atom. The van der Waals surface area contributed by atoms with Gasteiger partial charge in [-0.05, 0) is 78.5 Å². The number of thioether (sulfide) groups is 1. The van der Waals surface area contributed by atoms with Crippen molar-refractivity contribution in [3.63, 3.8) is 0 Å². The van der Waals surface area contributed by atoms with E-state index in [2.05, 4.69) is 5.32 Å². The lowest BCUT2D eigenvalue weighted by atomic mass is 10.2. The molecule has 0 aliphatic carbocycles. The lowest BCUT2D eigenvalue weighted by Crippen LogP contribution is -2.36. The molecular formula is C23H16ClN3O5S. The molecular weight excluding hydrogens is 466 g/mol. The van der Waals surface area contributed by atoms with E-state index < -0.39 is 29.6 Å². The van der Waals surface area contributed by atoms with Crippen molar-refractivity contribution in [2.75, 3.05) is 11.9 Å². The van der Waals surface area contributed by atoms with Gasteiger partial charge in [0.1, 0.15) is 6.54 Å². The summed E-state index contributed by atoms with van der Waals surface area (Å²) in [7, 11) is 0. The summed E-state index contributed by atoms with van der Waals surface area (Å²) in [5.41, 5.74) is 1.97. The second kappa shape index (κ2) is 9.35. The molecule has 0 unspecified atom stereocenters. The monoisotopic (exact) mass is 481 g/mol. The highest BCUT2D eigenvalue weighted by molar-refractivity contribution is 8.18. The van der Waals surface area contributed by atoms with Crippen molar-refractivity contribution in [2.45, 2.75) is 0 Å². The molecule has 0 atom stereocenters. The first-order valence-corrected chi connectivity index (χ1v) is 10.8. The molecule has 2 N–H and O–H groups in total. The maximum atomic E-state index is 12.8. The van der Waals surface area contributed by atoms with Gasteiger partial charge in [0, 0.05) is 28.3 Å². The average Bonchev–Trinajstić information content (AvgIpc) is 3.35. The van der Waals surface area contributed by atoms with E-state index in [4.69, 9.17) is 16.7 Å². The molecule has 166 valence electrons. The highest BCUT2D eigenvalue weighted by Gasteiger charge is 2.36. The first kappa shape index (κ1) is 22.4. The predicted octanol–water partition coefficient (Wildman–Crippen LogP) is 4.50. The molecule has 1 aromatic heterocycles. The van der Waals surface area contributed by atoms with Crippen LogP contribution in [-0.4, -0.2) is 44.1 Å². The smallest absolute Gasteiger partial charge is 0.335 e. The van der Waals surface area contributed by atoms with Gasteiger partial charge in [-0.1, -0.05) is 11.6 Å². The number of hydrogen-bond acceptors (Lipinski definition) is 5. The van der Waals surface area contributed by atoms with Crippen LogP contribution in [0.25, 0.3) is 11.8 Å². The van der Waals surface area contributed by atoms with E-state index in [0.29, 0.717) is 22.1 Å². The minimum atomic E-state index is -1.02. The quantitative estimate of drug-likeness (QED) is 0.502. The van der Waals surface area contributed by atoms with Crippen LogP contribution in [0.4, 0.5) is 10.5 Å². The van der Waals surface area contributed by atoms with Crippen LogP contribution < -0.4 is 5.32 Å². The van der Waals surface area contributed by atoms with Crippen LogP contribution in [0.15, 0.2) is 71.8 Å². The summed E-state index contributed by atoms with van der Waals surface area (Å²) in [5.74, 6) is -2.10. The van der Waals surface area contributed by atoms with Crippen LogP contribution in [0.1, 0.15) is 16.1 Å². The number of nitrogens with zero attached hydrogens (tertiary/aromatic N) is 2. The van der Waals surface area contributed by atoms with Crippen LogP contribution in [0.5, 0.6) is 0 Å². The van der Waals surface area contributed by atoms with Gasteiger partial charge in [-0.25, -0.2) is 4.79 Å². The standard InChI is InChI=1S/C23H16ClN3O5S/c24-15-5-7-16(8-6-15)25-20(28)13-27-21(29)19(33-23(27)32)12-18-2-1-11-26(18)17-9-3-14(4-10-17)22(30)31/h1-12H,13H2,(H,25,28)(H,30,31)/b19-12-. The number of rotatable bonds is 6. The van der Waals surface area contributed by atoms with Crippen LogP contribution >= 0.6 is 23.4 Å². The second-order valence-corrected chi connectivity index (χ2v) is 8.41. The van der Waals surface area contributed by atoms with Crippen LogP contribution in [-0.2, 0) is 9.59 Å². The van der Waals surface area contributed by atoms with E-state index >= 15 is 0 Å². The topological polar surface area (TPSA) is 109 Å². The third-order valence-electron chi connectivity index (χ3n) is 4.75. The van der Waals surface area contributed by atoms with Crippen molar-refractivity contribution in [1.29, 1.82) is 0 Å². The maximum Gasteiger partial charge on any atom is 0.335 e. The summed E-state index contributed by atoms with van der Waals surface area (Å²) >= 11 is 6.57. The predicted molar refractivity (Wildman–Crippen MR) is 125 cm³/mol. The molecule has 2 heterocycles. The molecule has 4 rings (SSSR count). The van der Waals surface area contributed by atoms with E-state index in [1.54, 1.807) is 65.4 Å². The third-order valence-corrected chi connectivity index (χ3v) is 5.91. The number of anilines is 1. The number of benzene rings is 2. The van der Waals surface area contributed by atoms with Gasteiger partial charge in [0.2, 0.25) is 5.91 Å². The Kier molecular flexibility index (Phi) is 6.34. The minimum Gasteiger partial charge on any atom is -0.478 e. The van der Waals surface area contributed by atoms with Gasteiger partial charge in [-0.15, -0.1) is 0 Å². The Morgan fingerprint density at radius 1 is 1.03 bits per heavy atom. The number of imide groups is 1. The molecule has 0 spiro atoms. The summed E-state index contributed by atoms with van der Waals surface area (Å²) in [6.45, 7) is -0.414. The van der Waals surface area contributed by atoms with Gasteiger partial charge in [-0.3, -0.25) is 19.3 Å². The fraction of sp³-hybridized carbons (Fsp3) is 0.0435. The number of halogens is 1. The van der Waals surface area contributed by atoms with Crippen molar-refractivity contribution in [3.05, 3.63) is 88.0 Å². The molecule has 3 amide bonds. The molecule has 1 aliphatic heterocycles. The second-order valence-electron chi connectivity index (χ2n) is 6.98. The van der Waals surface area contributed by atoms with Gasteiger partial charge >= 0.3 is 5.97 Å². The van der Waals surface area contributed by atoms with Gasteiger partial charge in [0.15, 0.2) is 0 Å². The largest absolute Gasteiger partial charge is 0.478 e. The summed E-state index contributed by atoms with van der Waals surface area (Å²) < 4.78 is 1.76. The highest BCUT2D eigenvalue weighted by atomic mass is 35.5. The van der Waals surface area contributed by atoms with E-state index in [-0.39, 0.29) is 10.5 Å². The summed E-state index contributed by atoms with van der Waals surface area (Å²) in [4.78, 5) is 49.6. The third kappa shape index (κ3) is 5.00. The fourth-order valence-electron chi connectivity index (χ4n) is 3.16. The molecule has 33 heavy (non-hydrogen) atoms. The van der Waals surface area contributed by atoms with Gasteiger partial charge in [0.05, 0.1) is 10.5 Å². The molecule has 1 aliphatic rings. The van der Waals surface area contributed by atoms with Crippen LogP contribution in [0.3, 0.4) is 0 Å². The Bertz CT molecular complexity index is 1280. The normalized spacial score (nSPS) is 14.7. The molecule has 3 aromatic rings. The Labute approximate surface area is 197 Å². The van der Waals surface area contributed by atoms with Gasteiger partial charge < -0.3 is 15.0 Å². The van der Waals surface area contributed by atoms with E-state index in [0.717, 1.165) is 16.7 Å². The Morgan fingerprint density at radius 2 is 1.73 bits per heavy atom. The van der Waals surface area contributed by atoms with Gasteiger partial charge in [0.25, 0.3) is 11.1 Å². The number of aromatic nitrogens is 1. The van der Waals surface area contributed by atoms with Crippen molar-refractivity contribution in [1.82, 2.24) is 9.47 Å². The van der Waals surface area contributed by atoms with Crippen molar-refractivity contribution in [2.24, 2.45) is 0 Å². The molecule has 0 saturated carbocycles. The lowest BCUT2D eigenvalue weighted by molar-refractivity contribution is -0.127. The number of carbonyl (C=O) groups is 4. The van der Waals surface area contributed by atoms with Gasteiger partial charge in [-0.2, -0.15) is 0 Å². The zero-order valence-electron chi connectivity index (χ0n) is 16.9. The first-order valence-electron chi connectivity index (χ1n) is 9.64. The minimum absolute atomic E-state index is 0.158. The number of carboxylic acids is 1. The molecule has 2 aromatic carbocycles. The van der Waals surface area contributed by atoms with Crippen LogP contribution in [0, 0.1) is 0 Å². The van der Waals surface area contributed by atoms with E-state index in [1.807, 2.05) is 0 Å². The number of nitrogens with one attached hydrogen (secondary N) is 1. The number of carboxylic acid groups (broad SMARTS) is 1. The molecule has 10 heteroatoms. The lowest BCUT2D eigenvalue weighted by Gasteiger charge is -2.12. The van der Waals surface area contributed by atoms with Crippen LogP contribution in [0.2, 0.25) is 5.02 Å². The highest BCUT2D eigenvalue weighted by Crippen LogP contribution is 2.32. The van der Waals surface area contributed by atoms with E-state index in [9.17, 15) is 19.2 Å².